The first-order valence-electron chi connectivity index (χ1n) is 5.70. The molecular formula is C11H22N2O2. The van der Waals surface area contributed by atoms with Crippen molar-refractivity contribution in [3.05, 3.63) is 0 Å². The summed E-state index contributed by atoms with van der Waals surface area (Å²) < 4.78 is 0. The number of likely N-dealkylation sites (N-methyl/N-ethyl adjacent to an activating group) is 1. The van der Waals surface area contributed by atoms with Crippen LogP contribution in [0, 0.1) is 0 Å². The Morgan fingerprint density at radius 1 is 1.53 bits per heavy atom. The topological polar surface area (TPSA) is 43.8 Å². The molecule has 1 rings (SSSR count). The number of carbonyl (C=O) groups is 1. The van der Waals surface area contributed by atoms with Crippen LogP contribution >= 0.6 is 0 Å². The number of hydrogen-bond acceptors (Lipinski definition) is 3. The molecule has 0 spiro atoms. The SMILES string of the molecule is CN(C)CC1CCCN1CCCC(=O)O. The average Bonchev–Trinajstić information content (AvgIpc) is 2.51. The van der Waals surface area contributed by atoms with Crippen molar-refractivity contribution >= 4 is 5.97 Å². The zero-order valence-corrected chi connectivity index (χ0v) is 9.78. The molecule has 1 N–H and O–H groups in total. The van der Waals surface area contributed by atoms with Crippen molar-refractivity contribution in [2.45, 2.75) is 31.7 Å². The predicted molar refractivity (Wildman–Crippen MR) is 60.0 cm³/mol. The van der Waals surface area contributed by atoms with Crippen LogP contribution in [-0.4, -0.2) is 60.6 Å². The fourth-order valence-corrected chi connectivity index (χ4v) is 2.25. The molecule has 0 radical (unpaired) electrons. The molecule has 1 unspecified atom stereocenters. The number of nitrogens with zero attached hydrogens (tertiary/aromatic N) is 2. The summed E-state index contributed by atoms with van der Waals surface area (Å²) in [4.78, 5) is 15.0. The maximum Gasteiger partial charge on any atom is 0.303 e. The number of hydrogen-bond donors (Lipinski definition) is 1. The Morgan fingerprint density at radius 2 is 2.27 bits per heavy atom. The lowest BCUT2D eigenvalue weighted by Crippen LogP contribution is -2.38. The predicted octanol–water partition coefficient (Wildman–Crippen LogP) is 0.877. The smallest absolute Gasteiger partial charge is 0.303 e. The van der Waals surface area contributed by atoms with E-state index in [2.05, 4.69) is 23.9 Å². The van der Waals surface area contributed by atoms with Gasteiger partial charge in [0.05, 0.1) is 0 Å². The van der Waals surface area contributed by atoms with Crippen LogP contribution in [0.4, 0.5) is 0 Å². The van der Waals surface area contributed by atoms with Crippen LogP contribution in [0.3, 0.4) is 0 Å². The van der Waals surface area contributed by atoms with Gasteiger partial charge in [-0.3, -0.25) is 9.69 Å². The van der Waals surface area contributed by atoms with Crippen molar-refractivity contribution in [1.29, 1.82) is 0 Å². The van der Waals surface area contributed by atoms with E-state index < -0.39 is 5.97 Å². The van der Waals surface area contributed by atoms with E-state index in [1.807, 2.05) is 0 Å². The van der Waals surface area contributed by atoms with Crippen molar-refractivity contribution in [2.75, 3.05) is 33.7 Å². The third-order valence-electron chi connectivity index (χ3n) is 2.91. The second-order valence-corrected chi connectivity index (χ2v) is 4.59. The van der Waals surface area contributed by atoms with Gasteiger partial charge in [-0.1, -0.05) is 0 Å². The summed E-state index contributed by atoms with van der Waals surface area (Å²) in [6.07, 6.45) is 3.58. The van der Waals surface area contributed by atoms with Crippen LogP contribution in [0.2, 0.25) is 0 Å². The van der Waals surface area contributed by atoms with Crippen LogP contribution in [0.5, 0.6) is 0 Å². The van der Waals surface area contributed by atoms with Crippen LogP contribution < -0.4 is 0 Å². The van der Waals surface area contributed by atoms with Crippen molar-refractivity contribution in [3.8, 4) is 0 Å². The lowest BCUT2D eigenvalue weighted by Gasteiger charge is -2.26. The molecule has 0 saturated carbocycles. The van der Waals surface area contributed by atoms with E-state index in [1.54, 1.807) is 0 Å². The van der Waals surface area contributed by atoms with Crippen molar-refractivity contribution < 1.29 is 9.90 Å². The first-order valence-corrected chi connectivity index (χ1v) is 5.70. The van der Waals surface area contributed by atoms with Gasteiger partial charge in [0.15, 0.2) is 0 Å². The lowest BCUT2D eigenvalue weighted by molar-refractivity contribution is -0.137. The molecule has 0 bridgehead atoms. The number of rotatable bonds is 6. The molecule has 1 fully saturated rings. The van der Waals surface area contributed by atoms with Gasteiger partial charge in [-0.25, -0.2) is 0 Å². The Balaban J connectivity index is 2.24. The zero-order chi connectivity index (χ0) is 11.3. The minimum atomic E-state index is -0.682. The molecule has 1 saturated heterocycles. The van der Waals surface area contributed by atoms with Gasteiger partial charge < -0.3 is 10.0 Å². The molecule has 0 aromatic rings. The molecule has 88 valence electrons. The average molecular weight is 214 g/mol. The molecule has 1 aliphatic rings. The van der Waals surface area contributed by atoms with E-state index in [0.29, 0.717) is 12.5 Å². The highest BCUT2D eigenvalue weighted by Crippen LogP contribution is 2.18. The molecule has 0 aromatic carbocycles. The third-order valence-corrected chi connectivity index (χ3v) is 2.91. The fraction of sp³-hybridized carbons (Fsp3) is 0.909. The fourth-order valence-electron chi connectivity index (χ4n) is 2.25. The number of likely N-dealkylation sites (tertiary alicyclic amines) is 1. The van der Waals surface area contributed by atoms with E-state index in [1.165, 1.54) is 12.8 Å². The highest BCUT2D eigenvalue weighted by Gasteiger charge is 2.24. The molecule has 4 nitrogen and oxygen atoms in total. The van der Waals surface area contributed by atoms with Gasteiger partial charge in [0, 0.05) is 19.0 Å². The Labute approximate surface area is 91.9 Å². The molecule has 1 aliphatic heterocycles. The van der Waals surface area contributed by atoms with Crippen LogP contribution in [0.1, 0.15) is 25.7 Å². The van der Waals surface area contributed by atoms with E-state index in [9.17, 15) is 4.79 Å². The van der Waals surface area contributed by atoms with E-state index in [0.717, 1.165) is 26.1 Å². The van der Waals surface area contributed by atoms with Gasteiger partial charge in [-0.15, -0.1) is 0 Å². The summed E-state index contributed by atoms with van der Waals surface area (Å²) in [5.74, 6) is -0.682. The minimum absolute atomic E-state index is 0.297. The first kappa shape index (κ1) is 12.5. The maximum absolute atomic E-state index is 10.4. The zero-order valence-electron chi connectivity index (χ0n) is 9.78. The summed E-state index contributed by atoms with van der Waals surface area (Å²) in [5, 5.41) is 8.57. The monoisotopic (exact) mass is 214 g/mol. The van der Waals surface area contributed by atoms with Gasteiger partial charge in [-0.05, 0) is 46.4 Å². The Bertz CT molecular complexity index is 207. The van der Waals surface area contributed by atoms with Gasteiger partial charge >= 0.3 is 5.97 Å². The number of aliphatic carboxylic acids is 1. The van der Waals surface area contributed by atoms with Gasteiger partial charge in [0.25, 0.3) is 0 Å². The summed E-state index contributed by atoms with van der Waals surface area (Å²) in [6.45, 7) is 3.16. The number of carboxylic acids is 1. The van der Waals surface area contributed by atoms with Crippen molar-refractivity contribution in [1.82, 2.24) is 9.80 Å². The van der Waals surface area contributed by atoms with E-state index in [-0.39, 0.29) is 0 Å². The lowest BCUT2D eigenvalue weighted by atomic mass is 10.2. The largest absolute Gasteiger partial charge is 0.481 e. The van der Waals surface area contributed by atoms with Gasteiger partial charge in [0.2, 0.25) is 0 Å². The van der Waals surface area contributed by atoms with E-state index in [4.69, 9.17) is 5.11 Å². The third kappa shape index (κ3) is 4.62. The van der Waals surface area contributed by atoms with Crippen molar-refractivity contribution in [3.63, 3.8) is 0 Å². The first-order chi connectivity index (χ1) is 7.09. The number of carboxylic acid groups (broad SMARTS) is 1. The maximum atomic E-state index is 10.4. The Hall–Kier alpha value is -0.610. The molecule has 15 heavy (non-hydrogen) atoms. The molecule has 0 amide bonds. The highest BCUT2D eigenvalue weighted by atomic mass is 16.4. The van der Waals surface area contributed by atoms with Crippen LogP contribution in [0.25, 0.3) is 0 Å². The minimum Gasteiger partial charge on any atom is -0.481 e. The summed E-state index contributed by atoms with van der Waals surface area (Å²) in [6, 6.07) is 0.633. The Morgan fingerprint density at radius 3 is 2.87 bits per heavy atom. The molecule has 0 aliphatic carbocycles. The summed E-state index contributed by atoms with van der Waals surface area (Å²) in [7, 11) is 4.18. The molecule has 4 heteroatoms. The second kappa shape index (κ2) is 6.08. The van der Waals surface area contributed by atoms with Crippen LogP contribution in [0.15, 0.2) is 0 Å². The van der Waals surface area contributed by atoms with Crippen molar-refractivity contribution in [2.24, 2.45) is 0 Å². The Kier molecular flexibility index (Phi) is 5.05. The molecule has 1 heterocycles. The van der Waals surface area contributed by atoms with E-state index >= 15 is 0 Å². The van der Waals surface area contributed by atoms with Gasteiger partial charge in [0.1, 0.15) is 0 Å². The summed E-state index contributed by atoms with van der Waals surface area (Å²) >= 11 is 0. The highest BCUT2D eigenvalue weighted by molar-refractivity contribution is 5.66. The molecular weight excluding hydrogens is 192 g/mol. The van der Waals surface area contributed by atoms with Gasteiger partial charge in [-0.2, -0.15) is 0 Å². The standard InChI is InChI=1S/C11H22N2O2/c1-12(2)9-10-5-3-7-13(10)8-4-6-11(14)15/h10H,3-9H2,1-2H3,(H,14,15). The molecule has 1 atom stereocenters. The summed E-state index contributed by atoms with van der Waals surface area (Å²) in [5.41, 5.74) is 0. The quantitative estimate of drug-likeness (QED) is 0.713. The normalized spacial score (nSPS) is 22.5. The second-order valence-electron chi connectivity index (χ2n) is 4.59. The van der Waals surface area contributed by atoms with Crippen LogP contribution in [-0.2, 0) is 4.79 Å². The molecule has 0 aromatic heterocycles.